The number of hydrogen-bond donors (Lipinski definition) is 1. The van der Waals surface area contributed by atoms with E-state index in [0.717, 1.165) is 5.69 Å². The van der Waals surface area contributed by atoms with Crippen LogP contribution in [0.4, 0.5) is 24.5 Å². The molecule has 0 spiro atoms. The summed E-state index contributed by atoms with van der Waals surface area (Å²) in [7, 11) is 3.65. The zero-order valence-corrected chi connectivity index (χ0v) is 14.4. The molecule has 2 aromatic rings. The Morgan fingerprint density at radius 3 is 2.42 bits per heavy atom. The summed E-state index contributed by atoms with van der Waals surface area (Å²) in [5.41, 5.74) is -3.34. The molecule has 0 saturated carbocycles. The fraction of sp³-hybridized carbons (Fsp3) is 0.188. The summed E-state index contributed by atoms with van der Waals surface area (Å²) in [5.74, 6) is -0.629. The summed E-state index contributed by atoms with van der Waals surface area (Å²) >= 11 is 5.81. The lowest BCUT2D eigenvalue weighted by molar-refractivity contribution is -0.0328. The first-order chi connectivity index (χ1) is 11.2. The molecule has 0 bridgehead atoms. The monoisotopic (exact) mass is 374 g/mol. The lowest BCUT2D eigenvalue weighted by atomic mass is 10.2. The Hall–Kier alpha value is -1.86. The number of nitrogens with zero attached hydrogens (tertiary/aromatic N) is 1. The van der Waals surface area contributed by atoms with Gasteiger partial charge in [-0.3, -0.25) is 4.79 Å². The Labute approximate surface area is 146 Å². The first kappa shape index (κ1) is 18.5. The highest BCUT2D eigenvalue weighted by Gasteiger charge is 2.31. The van der Waals surface area contributed by atoms with Crippen molar-refractivity contribution in [2.24, 2.45) is 0 Å². The minimum atomic E-state index is -4.47. The summed E-state index contributed by atoms with van der Waals surface area (Å²) < 4.78 is 37.8. The molecule has 2 aromatic carbocycles. The molecular formula is C16H14ClF3N2OS. The fourth-order valence-corrected chi connectivity index (χ4v) is 3.03. The second kappa shape index (κ2) is 7.36. The third kappa shape index (κ3) is 4.82. The Kier molecular flexibility index (Phi) is 5.66. The number of benzene rings is 2. The summed E-state index contributed by atoms with van der Waals surface area (Å²) in [6.45, 7) is 0. The molecule has 2 rings (SSSR count). The molecule has 1 N–H and O–H groups in total. The van der Waals surface area contributed by atoms with E-state index in [9.17, 15) is 18.0 Å². The highest BCUT2D eigenvalue weighted by atomic mass is 35.5. The van der Waals surface area contributed by atoms with Crippen LogP contribution in [-0.4, -0.2) is 25.5 Å². The Balaban J connectivity index is 2.23. The van der Waals surface area contributed by atoms with Gasteiger partial charge in [-0.15, -0.1) is 0 Å². The van der Waals surface area contributed by atoms with Gasteiger partial charge in [-0.25, -0.2) is 0 Å². The molecule has 3 nitrogen and oxygen atoms in total. The van der Waals surface area contributed by atoms with Crippen LogP contribution in [0.2, 0.25) is 5.02 Å². The van der Waals surface area contributed by atoms with E-state index in [4.69, 9.17) is 11.6 Å². The van der Waals surface area contributed by atoms with Crippen molar-refractivity contribution >= 4 is 40.6 Å². The van der Waals surface area contributed by atoms with Crippen LogP contribution in [0, 0.1) is 0 Å². The van der Waals surface area contributed by atoms with Gasteiger partial charge < -0.3 is 10.2 Å². The topological polar surface area (TPSA) is 32.3 Å². The van der Waals surface area contributed by atoms with Crippen molar-refractivity contribution in [3.63, 3.8) is 0 Å². The molecule has 0 fully saturated rings. The van der Waals surface area contributed by atoms with E-state index < -0.39 is 11.4 Å². The second-order valence-electron chi connectivity index (χ2n) is 5.06. The highest BCUT2D eigenvalue weighted by molar-refractivity contribution is 8.00. The van der Waals surface area contributed by atoms with Gasteiger partial charge in [0, 0.05) is 24.7 Å². The van der Waals surface area contributed by atoms with Crippen LogP contribution in [0.1, 0.15) is 10.4 Å². The molecule has 0 aliphatic rings. The summed E-state index contributed by atoms with van der Waals surface area (Å²) in [4.78, 5) is 14.0. The van der Waals surface area contributed by atoms with E-state index in [1.807, 2.05) is 19.0 Å². The lowest BCUT2D eigenvalue weighted by Gasteiger charge is -2.16. The predicted molar refractivity (Wildman–Crippen MR) is 92.1 cm³/mol. The van der Waals surface area contributed by atoms with Crippen LogP contribution in [0.25, 0.3) is 0 Å². The van der Waals surface area contributed by atoms with E-state index in [1.165, 1.54) is 24.3 Å². The van der Waals surface area contributed by atoms with E-state index in [0.29, 0.717) is 10.7 Å². The van der Waals surface area contributed by atoms with Gasteiger partial charge >= 0.3 is 5.51 Å². The average molecular weight is 375 g/mol. The lowest BCUT2D eigenvalue weighted by Crippen LogP contribution is -2.14. The van der Waals surface area contributed by atoms with Gasteiger partial charge in [0.05, 0.1) is 16.3 Å². The van der Waals surface area contributed by atoms with Gasteiger partial charge in [0.2, 0.25) is 0 Å². The average Bonchev–Trinajstić information content (AvgIpc) is 2.45. The third-order valence-corrected chi connectivity index (χ3v) is 4.15. The second-order valence-corrected chi connectivity index (χ2v) is 6.57. The Bertz CT molecular complexity index is 750. The molecule has 128 valence electrons. The molecule has 1 amide bonds. The van der Waals surface area contributed by atoms with Crippen LogP contribution >= 0.6 is 23.4 Å². The van der Waals surface area contributed by atoms with Crippen molar-refractivity contribution in [2.45, 2.75) is 10.4 Å². The van der Waals surface area contributed by atoms with Crippen molar-refractivity contribution in [3.8, 4) is 0 Å². The molecule has 0 aliphatic heterocycles. The fourth-order valence-electron chi connectivity index (χ4n) is 2.01. The van der Waals surface area contributed by atoms with Crippen molar-refractivity contribution < 1.29 is 18.0 Å². The van der Waals surface area contributed by atoms with Gasteiger partial charge in [-0.2, -0.15) is 13.2 Å². The predicted octanol–water partition coefficient (Wildman–Crippen LogP) is 5.27. The maximum atomic E-state index is 12.6. The number of anilines is 2. The number of alkyl halides is 3. The van der Waals surface area contributed by atoms with Gasteiger partial charge in [0.1, 0.15) is 0 Å². The minimum absolute atomic E-state index is 0.0485. The van der Waals surface area contributed by atoms with Crippen LogP contribution in [0.5, 0.6) is 0 Å². The maximum Gasteiger partial charge on any atom is 0.446 e. The SMILES string of the molecule is CN(C)c1ccc(NC(=O)c2ccccc2SC(F)(F)F)cc1Cl. The van der Waals surface area contributed by atoms with E-state index in [-0.39, 0.29) is 22.2 Å². The molecule has 0 saturated heterocycles. The third-order valence-electron chi connectivity index (χ3n) is 3.04. The van der Waals surface area contributed by atoms with Crippen LogP contribution in [0.15, 0.2) is 47.4 Å². The van der Waals surface area contributed by atoms with Crippen molar-refractivity contribution in [2.75, 3.05) is 24.3 Å². The number of carbonyl (C=O) groups is 1. The first-order valence-electron chi connectivity index (χ1n) is 6.80. The number of amides is 1. The van der Waals surface area contributed by atoms with Crippen LogP contribution in [-0.2, 0) is 0 Å². The number of halogens is 4. The number of rotatable bonds is 4. The van der Waals surface area contributed by atoms with Crippen molar-refractivity contribution in [3.05, 3.63) is 53.1 Å². The van der Waals surface area contributed by atoms with E-state index >= 15 is 0 Å². The molecule has 8 heteroatoms. The summed E-state index contributed by atoms with van der Waals surface area (Å²) in [6.07, 6.45) is 0. The molecule has 0 heterocycles. The molecule has 0 aromatic heterocycles. The molecule has 0 aliphatic carbocycles. The molecular weight excluding hydrogens is 361 g/mol. The van der Waals surface area contributed by atoms with Crippen molar-refractivity contribution in [1.29, 1.82) is 0 Å². The van der Waals surface area contributed by atoms with Gasteiger partial charge in [-0.05, 0) is 42.1 Å². The van der Waals surface area contributed by atoms with Crippen LogP contribution < -0.4 is 10.2 Å². The zero-order chi connectivity index (χ0) is 17.9. The standard InChI is InChI=1S/C16H14ClF3N2OS/c1-22(2)13-8-7-10(9-12(13)17)21-15(23)11-5-3-4-6-14(11)24-16(18,19)20/h3-9H,1-2H3,(H,21,23). The minimum Gasteiger partial charge on any atom is -0.376 e. The van der Waals surface area contributed by atoms with E-state index in [2.05, 4.69) is 5.32 Å². The quantitative estimate of drug-likeness (QED) is 0.740. The van der Waals surface area contributed by atoms with Gasteiger partial charge in [0.25, 0.3) is 5.91 Å². The summed E-state index contributed by atoms with van der Waals surface area (Å²) in [6, 6.07) is 10.5. The van der Waals surface area contributed by atoms with Crippen molar-refractivity contribution in [1.82, 2.24) is 0 Å². The Morgan fingerprint density at radius 2 is 1.83 bits per heavy atom. The molecule has 0 unspecified atom stereocenters. The van der Waals surface area contributed by atoms with Gasteiger partial charge in [-0.1, -0.05) is 23.7 Å². The molecule has 0 radical (unpaired) electrons. The first-order valence-corrected chi connectivity index (χ1v) is 8.00. The number of nitrogens with one attached hydrogen (secondary N) is 1. The number of thioether (sulfide) groups is 1. The summed E-state index contributed by atoms with van der Waals surface area (Å²) in [5, 5.41) is 3.00. The highest BCUT2D eigenvalue weighted by Crippen LogP contribution is 2.38. The van der Waals surface area contributed by atoms with Crippen LogP contribution in [0.3, 0.4) is 0 Å². The number of hydrogen-bond acceptors (Lipinski definition) is 3. The van der Waals surface area contributed by atoms with E-state index in [1.54, 1.807) is 18.2 Å². The maximum absolute atomic E-state index is 12.6. The molecule has 0 atom stereocenters. The van der Waals surface area contributed by atoms with Gasteiger partial charge in [0.15, 0.2) is 0 Å². The normalized spacial score (nSPS) is 11.2. The molecule has 24 heavy (non-hydrogen) atoms. The zero-order valence-electron chi connectivity index (χ0n) is 12.8. The Morgan fingerprint density at radius 1 is 1.17 bits per heavy atom. The smallest absolute Gasteiger partial charge is 0.376 e. The largest absolute Gasteiger partial charge is 0.446 e. The number of carbonyl (C=O) groups excluding carboxylic acids is 1.